The molecule has 2 fully saturated rings. The van der Waals surface area contributed by atoms with Gasteiger partial charge in [-0.2, -0.15) is 0 Å². The van der Waals surface area contributed by atoms with Gasteiger partial charge in [-0.1, -0.05) is 6.42 Å². The molecule has 35 heavy (non-hydrogen) atoms. The van der Waals surface area contributed by atoms with Crippen LogP contribution < -0.4 is 0 Å². The number of furan rings is 1. The van der Waals surface area contributed by atoms with Gasteiger partial charge in [-0.15, -0.1) is 0 Å². The molecule has 7 nitrogen and oxygen atoms in total. The molecule has 5 rings (SSSR count). The quantitative estimate of drug-likeness (QED) is 0.339. The standard InChI is InChI=1S/C26H31BrN2O5S/c1-2-33-26(31)24-22(16-35(32)15-18-7-6-12-34-18)29(17-8-9-17)21-13-20(27)25(30)19(23(21)24)14-28-10-4-3-5-11-28/h6-7,12-13,17,30H,2-5,8-11,14-16H2,1H3. The Morgan fingerprint density at radius 3 is 2.69 bits per heavy atom. The number of fused-ring (bicyclic) bond motifs is 1. The zero-order valence-corrected chi connectivity index (χ0v) is 22.3. The molecule has 3 heterocycles. The Hall–Kier alpha value is -2.10. The monoisotopic (exact) mass is 562 g/mol. The Morgan fingerprint density at radius 2 is 2.03 bits per heavy atom. The Labute approximate surface area is 216 Å². The predicted molar refractivity (Wildman–Crippen MR) is 139 cm³/mol. The summed E-state index contributed by atoms with van der Waals surface area (Å²) in [6.07, 6.45) is 7.05. The average molecular weight is 564 g/mol. The molecule has 3 aromatic rings. The second-order valence-electron chi connectivity index (χ2n) is 9.37. The summed E-state index contributed by atoms with van der Waals surface area (Å²) in [6.45, 7) is 4.51. The molecule has 1 N–H and O–H groups in total. The molecule has 0 bridgehead atoms. The Bertz CT molecular complexity index is 1240. The molecule has 0 amide bonds. The lowest BCUT2D eigenvalue weighted by molar-refractivity contribution is 0.0527. The minimum atomic E-state index is -1.29. The summed E-state index contributed by atoms with van der Waals surface area (Å²) in [4.78, 5) is 15.8. The minimum absolute atomic E-state index is 0.157. The van der Waals surface area contributed by atoms with Crippen LogP contribution in [-0.2, 0) is 33.6 Å². The Kier molecular flexibility index (Phi) is 7.37. The van der Waals surface area contributed by atoms with E-state index in [4.69, 9.17) is 9.15 Å². The van der Waals surface area contributed by atoms with Crippen LogP contribution in [0.1, 0.15) is 72.4 Å². The lowest BCUT2D eigenvalue weighted by atomic mass is 10.0. The van der Waals surface area contributed by atoms with Crippen molar-refractivity contribution in [1.29, 1.82) is 0 Å². The van der Waals surface area contributed by atoms with Gasteiger partial charge in [0.15, 0.2) is 0 Å². The lowest BCUT2D eigenvalue weighted by Crippen LogP contribution is -2.29. The summed E-state index contributed by atoms with van der Waals surface area (Å²) in [5.74, 6) is 0.869. The fourth-order valence-electron chi connectivity index (χ4n) is 5.12. The van der Waals surface area contributed by atoms with E-state index in [1.54, 1.807) is 19.3 Å². The number of phenols is 1. The number of esters is 1. The van der Waals surface area contributed by atoms with Gasteiger partial charge < -0.3 is 18.8 Å². The van der Waals surface area contributed by atoms with E-state index in [1.807, 2.05) is 12.1 Å². The van der Waals surface area contributed by atoms with Crippen LogP contribution in [0.25, 0.3) is 10.9 Å². The fraction of sp³-hybridized carbons (Fsp3) is 0.500. The molecule has 1 unspecified atom stereocenters. The molecule has 1 aliphatic carbocycles. The predicted octanol–water partition coefficient (Wildman–Crippen LogP) is 5.65. The number of benzene rings is 1. The van der Waals surface area contributed by atoms with Gasteiger partial charge in [0.25, 0.3) is 0 Å². The number of hydrogen-bond donors (Lipinski definition) is 1. The number of rotatable bonds is 9. The van der Waals surface area contributed by atoms with E-state index in [0.29, 0.717) is 22.3 Å². The first-order valence-corrected chi connectivity index (χ1v) is 14.6. The summed E-state index contributed by atoms with van der Waals surface area (Å²) in [7, 11) is -1.29. The molecule has 188 valence electrons. The number of aromatic hydroxyl groups is 1. The van der Waals surface area contributed by atoms with Crippen LogP contribution in [0.2, 0.25) is 0 Å². The number of likely N-dealkylation sites (tertiary alicyclic amines) is 1. The van der Waals surface area contributed by atoms with E-state index < -0.39 is 16.8 Å². The van der Waals surface area contributed by atoms with Gasteiger partial charge in [-0.05, 0) is 79.8 Å². The van der Waals surface area contributed by atoms with Gasteiger partial charge in [0.1, 0.15) is 11.5 Å². The number of hydrogen-bond acceptors (Lipinski definition) is 6. The minimum Gasteiger partial charge on any atom is -0.506 e. The molecular weight excluding hydrogens is 532 g/mol. The fourth-order valence-corrected chi connectivity index (χ4v) is 6.75. The lowest BCUT2D eigenvalue weighted by Gasteiger charge is -2.27. The normalized spacial score (nSPS) is 17.7. The van der Waals surface area contributed by atoms with Crippen LogP contribution >= 0.6 is 15.9 Å². The molecule has 2 aliphatic rings. The van der Waals surface area contributed by atoms with Gasteiger partial charge in [-0.3, -0.25) is 9.11 Å². The highest BCUT2D eigenvalue weighted by Gasteiger charge is 2.35. The first kappa shape index (κ1) is 24.6. The number of halogens is 1. The highest BCUT2D eigenvalue weighted by atomic mass is 79.9. The number of carbonyl (C=O) groups is 1. The van der Waals surface area contributed by atoms with Crippen molar-refractivity contribution >= 4 is 43.6 Å². The number of piperidine rings is 1. The number of phenolic OH excluding ortho intramolecular Hbond substituents is 1. The van der Waals surface area contributed by atoms with Gasteiger partial charge in [-0.25, -0.2) is 4.79 Å². The van der Waals surface area contributed by atoms with Crippen LogP contribution in [0.15, 0.2) is 33.4 Å². The van der Waals surface area contributed by atoms with Gasteiger partial charge in [0.05, 0.1) is 39.9 Å². The van der Waals surface area contributed by atoms with Crippen molar-refractivity contribution < 1.29 is 23.3 Å². The highest BCUT2D eigenvalue weighted by molar-refractivity contribution is 9.10. The maximum absolute atomic E-state index is 13.4. The van der Waals surface area contributed by atoms with E-state index in [-0.39, 0.29) is 29.9 Å². The summed E-state index contributed by atoms with van der Waals surface area (Å²) in [5, 5.41) is 11.9. The van der Waals surface area contributed by atoms with Crippen molar-refractivity contribution in [3.8, 4) is 5.75 Å². The van der Waals surface area contributed by atoms with Crippen molar-refractivity contribution in [3.05, 3.63) is 51.5 Å². The Morgan fingerprint density at radius 1 is 1.26 bits per heavy atom. The number of aromatic nitrogens is 1. The third-order valence-electron chi connectivity index (χ3n) is 6.83. The number of nitrogens with zero attached hydrogens (tertiary/aromatic N) is 2. The SMILES string of the molecule is CCOC(=O)c1c(CS(=O)Cc2ccco2)n(C2CC2)c2cc(Br)c(O)c(CN3CCCCC3)c12. The number of carbonyl (C=O) groups excluding carboxylic acids is 1. The zero-order chi connectivity index (χ0) is 24.5. The van der Waals surface area contributed by atoms with Crippen molar-refractivity contribution in [3.63, 3.8) is 0 Å². The van der Waals surface area contributed by atoms with Gasteiger partial charge in [0, 0.05) is 40.0 Å². The first-order valence-electron chi connectivity index (χ1n) is 12.3. The first-order chi connectivity index (χ1) is 17.0. The molecule has 0 spiro atoms. The van der Waals surface area contributed by atoms with Crippen LogP contribution in [0.5, 0.6) is 5.75 Å². The molecule has 1 aromatic carbocycles. The topological polar surface area (TPSA) is 84.9 Å². The summed E-state index contributed by atoms with van der Waals surface area (Å²) >= 11 is 3.56. The maximum Gasteiger partial charge on any atom is 0.340 e. The molecule has 1 saturated carbocycles. The second-order valence-corrected chi connectivity index (χ2v) is 11.7. The van der Waals surface area contributed by atoms with Crippen LogP contribution in [0, 0.1) is 0 Å². The molecule has 0 radical (unpaired) electrons. The summed E-state index contributed by atoms with van der Waals surface area (Å²) < 4.78 is 26.9. The second kappa shape index (κ2) is 10.5. The summed E-state index contributed by atoms with van der Waals surface area (Å²) in [6, 6.07) is 5.73. The zero-order valence-electron chi connectivity index (χ0n) is 19.9. The highest BCUT2D eigenvalue weighted by Crippen LogP contribution is 2.46. The van der Waals surface area contributed by atoms with Crippen molar-refractivity contribution in [2.24, 2.45) is 0 Å². The van der Waals surface area contributed by atoms with E-state index in [9.17, 15) is 14.1 Å². The maximum atomic E-state index is 13.4. The van der Waals surface area contributed by atoms with E-state index >= 15 is 0 Å². The largest absolute Gasteiger partial charge is 0.506 e. The van der Waals surface area contributed by atoms with Crippen LogP contribution in [0.3, 0.4) is 0 Å². The third-order valence-corrected chi connectivity index (χ3v) is 8.63. The molecule has 2 aromatic heterocycles. The van der Waals surface area contributed by atoms with E-state index in [1.165, 1.54) is 6.42 Å². The Balaban J connectivity index is 1.67. The molecule has 9 heteroatoms. The van der Waals surface area contributed by atoms with Gasteiger partial charge in [0.2, 0.25) is 0 Å². The van der Waals surface area contributed by atoms with E-state index in [2.05, 4.69) is 25.4 Å². The average Bonchev–Trinajstić information content (AvgIpc) is 3.45. The van der Waals surface area contributed by atoms with Crippen molar-refractivity contribution in [2.75, 3.05) is 19.7 Å². The summed E-state index contributed by atoms with van der Waals surface area (Å²) in [5.41, 5.74) is 2.79. The van der Waals surface area contributed by atoms with Crippen molar-refractivity contribution in [1.82, 2.24) is 9.47 Å². The molecule has 1 atom stereocenters. The smallest absolute Gasteiger partial charge is 0.340 e. The van der Waals surface area contributed by atoms with Crippen LogP contribution in [-0.4, -0.2) is 44.4 Å². The molecule has 1 saturated heterocycles. The molecular formula is C26H31BrN2O5S. The van der Waals surface area contributed by atoms with Crippen molar-refractivity contribution in [2.45, 2.75) is 63.1 Å². The van der Waals surface area contributed by atoms with Gasteiger partial charge >= 0.3 is 5.97 Å². The third kappa shape index (κ3) is 5.08. The molecule has 1 aliphatic heterocycles. The van der Waals surface area contributed by atoms with Crippen LogP contribution in [0.4, 0.5) is 0 Å². The number of ether oxygens (including phenoxy) is 1. The van der Waals surface area contributed by atoms with E-state index in [0.717, 1.165) is 60.9 Å².